The lowest BCUT2D eigenvalue weighted by Crippen LogP contribution is -2.51. The first-order valence-corrected chi connectivity index (χ1v) is 12.7. The zero-order valence-corrected chi connectivity index (χ0v) is 20.0. The van der Waals surface area contributed by atoms with E-state index in [-0.39, 0.29) is 18.9 Å². The standard InChI is InChI=1S/C26H39N3O5/c30-18-22(27-25(32)23(28-26(33)34)16-19-8-3-1-4-9-19)13-14-24(31)29-15-7-12-21(17-29)20-10-5-2-6-11-20/h2,5-6,10-11,19,21-23,28,30H,1,3-4,7-9,12-18H2,(H,27,32)(H,33,34). The van der Waals surface area contributed by atoms with E-state index in [0.29, 0.717) is 31.2 Å². The van der Waals surface area contributed by atoms with Gasteiger partial charge in [-0.2, -0.15) is 0 Å². The topological polar surface area (TPSA) is 119 Å². The fourth-order valence-corrected chi connectivity index (χ4v) is 5.30. The van der Waals surface area contributed by atoms with E-state index in [4.69, 9.17) is 0 Å². The number of carbonyl (C=O) groups is 3. The smallest absolute Gasteiger partial charge is 0.405 e. The Balaban J connectivity index is 1.49. The van der Waals surface area contributed by atoms with E-state index in [1.165, 1.54) is 12.0 Å². The minimum absolute atomic E-state index is 0.0238. The largest absolute Gasteiger partial charge is 0.465 e. The van der Waals surface area contributed by atoms with Crippen molar-refractivity contribution in [1.29, 1.82) is 0 Å². The van der Waals surface area contributed by atoms with Gasteiger partial charge in [-0.05, 0) is 37.2 Å². The van der Waals surface area contributed by atoms with Crippen LogP contribution in [0.5, 0.6) is 0 Å². The number of carbonyl (C=O) groups excluding carboxylic acids is 2. The summed E-state index contributed by atoms with van der Waals surface area (Å²) >= 11 is 0. The minimum Gasteiger partial charge on any atom is -0.465 e. The molecule has 0 bridgehead atoms. The highest BCUT2D eigenvalue weighted by Gasteiger charge is 2.28. The van der Waals surface area contributed by atoms with Crippen molar-refractivity contribution in [3.63, 3.8) is 0 Å². The maximum atomic E-state index is 12.9. The van der Waals surface area contributed by atoms with Crippen LogP contribution in [-0.2, 0) is 9.59 Å². The van der Waals surface area contributed by atoms with Crippen LogP contribution in [0.25, 0.3) is 0 Å². The van der Waals surface area contributed by atoms with E-state index in [9.17, 15) is 24.6 Å². The molecule has 34 heavy (non-hydrogen) atoms. The second kappa shape index (κ2) is 13.3. The van der Waals surface area contributed by atoms with Gasteiger partial charge in [-0.1, -0.05) is 62.4 Å². The first-order chi connectivity index (χ1) is 16.5. The molecule has 4 N–H and O–H groups in total. The average Bonchev–Trinajstić information content (AvgIpc) is 2.86. The van der Waals surface area contributed by atoms with Crippen LogP contribution in [0.15, 0.2) is 30.3 Å². The maximum absolute atomic E-state index is 12.9. The van der Waals surface area contributed by atoms with Crippen molar-refractivity contribution >= 4 is 17.9 Å². The monoisotopic (exact) mass is 473 g/mol. The Labute approximate surface area is 202 Å². The molecule has 0 spiro atoms. The number of rotatable bonds is 10. The maximum Gasteiger partial charge on any atom is 0.405 e. The van der Waals surface area contributed by atoms with Crippen LogP contribution in [0.1, 0.15) is 75.7 Å². The highest BCUT2D eigenvalue weighted by Crippen LogP contribution is 2.28. The van der Waals surface area contributed by atoms with E-state index in [1.54, 1.807) is 0 Å². The summed E-state index contributed by atoms with van der Waals surface area (Å²) in [7, 11) is 0. The molecular formula is C26H39N3O5. The number of aliphatic hydroxyl groups excluding tert-OH is 1. The quantitative estimate of drug-likeness (QED) is 0.416. The second-order valence-electron chi connectivity index (χ2n) is 9.76. The zero-order chi connectivity index (χ0) is 24.3. The normalized spacial score (nSPS) is 20.9. The summed E-state index contributed by atoms with van der Waals surface area (Å²) in [6, 6.07) is 8.80. The van der Waals surface area contributed by atoms with Crippen molar-refractivity contribution in [1.82, 2.24) is 15.5 Å². The SMILES string of the molecule is O=C(O)NC(CC1CCCCC1)C(=O)NC(CO)CCC(=O)N1CCCC(c2ccccc2)C1. The van der Waals surface area contributed by atoms with Gasteiger partial charge >= 0.3 is 6.09 Å². The lowest BCUT2D eigenvalue weighted by atomic mass is 9.84. The Kier molecular flexibility index (Phi) is 10.2. The van der Waals surface area contributed by atoms with E-state index in [1.807, 2.05) is 23.1 Å². The molecular weight excluding hydrogens is 434 g/mol. The summed E-state index contributed by atoms with van der Waals surface area (Å²) in [5, 5.41) is 24.1. The lowest BCUT2D eigenvalue weighted by molar-refractivity contribution is -0.133. The van der Waals surface area contributed by atoms with Crippen molar-refractivity contribution in [2.75, 3.05) is 19.7 Å². The van der Waals surface area contributed by atoms with E-state index < -0.39 is 24.1 Å². The van der Waals surface area contributed by atoms with Gasteiger partial charge in [-0.3, -0.25) is 9.59 Å². The fraction of sp³-hybridized carbons (Fsp3) is 0.654. The molecule has 3 atom stereocenters. The Morgan fingerprint density at radius 1 is 1.00 bits per heavy atom. The molecule has 1 heterocycles. The Morgan fingerprint density at radius 3 is 2.41 bits per heavy atom. The predicted octanol–water partition coefficient (Wildman–Crippen LogP) is 3.26. The highest BCUT2D eigenvalue weighted by molar-refractivity contribution is 5.85. The van der Waals surface area contributed by atoms with Crippen LogP contribution < -0.4 is 10.6 Å². The van der Waals surface area contributed by atoms with Crippen molar-refractivity contribution in [2.45, 2.75) is 82.2 Å². The fourth-order valence-electron chi connectivity index (χ4n) is 5.30. The molecule has 3 amide bonds. The molecule has 3 unspecified atom stereocenters. The molecule has 1 aromatic rings. The van der Waals surface area contributed by atoms with Gasteiger partial charge in [-0.15, -0.1) is 0 Å². The molecule has 0 aromatic heterocycles. The Hall–Kier alpha value is -2.61. The number of hydrogen-bond acceptors (Lipinski definition) is 4. The predicted molar refractivity (Wildman–Crippen MR) is 129 cm³/mol. The van der Waals surface area contributed by atoms with Crippen molar-refractivity contribution in [3.8, 4) is 0 Å². The number of likely N-dealkylation sites (tertiary alicyclic amines) is 1. The molecule has 3 rings (SSSR count). The lowest BCUT2D eigenvalue weighted by Gasteiger charge is -2.33. The van der Waals surface area contributed by atoms with Crippen LogP contribution in [0.4, 0.5) is 4.79 Å². The van der Waals surface area contributed by atoms with E-state index in [2.05, 4.69) is 22.8 Å². The first kappa shape index (κ1) is 26.0. The van der Waals surface area contributed by atoms with Gasteiger partial charge in [0.2, 0.25) is 11.8 Å². The summed E-state index contributed by atoms with van der Waals surface area (Å²) in [6.07, 6.45) is 7.19. The highest BCUT2D eigenvalue weighted by atomic mass is 16.4. The van der Waals surface area contributed by atoms with Gasteiger partial charge in [0.05, 0.1) is 12.6 Å². The molecule has 0 radical (unpaired) electrons. The number of amides is 3. The van der Waals surface area contributed by atoms with Crippen LogP contribution >= 0.6 is 0 Å². The van der Waals surface area contributed by atoms with Crippen LogP contribution in [0.3, 0.4) is 0 Å². The van der Waals surface area contributed by atoms with Crippen molar-refractivity contribution in [3.05, 3.63) is 35.9 Å². The summed E-state index contributed by atoms with van der Waals surface area (Å²) < 4.78 is 0. The van der Waals surface area contributed by atoms with Gasteiger partial charge in [-0.25, -0.2) is 4.79 Å². The molecule has 2 aliphatic rings. The minimum atomic E-state index is -1.23. The number of piperidine rings is 1. The molecule has 1 saturated heterocycles. The zero-order valence-electron chi connectivity index (χ0n) is 20.0. The number of nitrogens with one attached hydrogen (secondary N) is 2. The summed E-state index contributed by atoms with van der Waals surface area (Å²) in [4.78, 5) is 38.8. The van der Waals surface area contributed by atoms with Gasteiger partial charge in [0, 0.05) is 25.4 Å². The molecule has 2 fully saturated rings. The van der Waals surface area contributed by atoms with Gasteiger partial charge in [0.1, 0.15) is 6.04 Å². The first-order valence-electron chi connectivity index (χ1n) is 12.7. The van der Waals surface area contributed by atoms with Crippen LogP contribution in [-0.4, -0.2) is 64.8 Å². The molecule has 8 heteroatoms. The molecule has 1 aliphatic carbocycles. The Bertz CT molecular complexity index is 797. The molecule has 1 saturated carbocycles. The Morgan fingerprint density at radius 2 is 1.74 bits per heavy atom. The van der Waals surface area contributed by atoms with E-state index in [0.717, 1.165) is 45.1 Å². The third-order valence-electron chi connectivity index (χ3n) is 7.23. The van der Waals surface area contributed by atoms with Gasteiger partial charge in [0.15, 0.2) is 0 Å². The van der Waals surface area contributed by atoms with Gasteiger partial charge < -0.3 is 25.7 Å². The number of aliphatic hydroxyl groups is 1. The van der Waals surface area contributed by atoms with Crippen LogP contribution in [0.2, 0.25) is 0 Å². The summed E-state index contributed by atoms with van der Waals surface area (Å²) in [5.74, 6) is 0.245. The third-order valence-corrected chi connectivity index (χ3v) is 7.23. The second-order valence-corrected chi connectivity index (χ2v) is 9.76. The number of nitrogens with zero attached hydrogens (tertiary/aromatic N) is 1. The number of benzene rings is 1. The van der Waals surface area contributed by atoms with Crippen molar-refractivity contribution in [2.24, 2.45) is 5.92 Å². The average molecular weight is 474 g/mol. The molecule has 1 aliphatic heterocycles. The number of carboxylic acid groups (broad SMARTS) is 1. The van der Waals surface area contributed by atoms with Gasteiger partial charge in [0.25, 0.3) is 0 Å². The summed E-state index contributed by atoms with van der Waals surface area (Å²) in [5.41, 5.74) is 1.25. The van der Waals surface area contributed by atoms with Crippen LogP contribution in [0, 0.1) is 5.92 Å². The third kappa shape index (κ3) is 8.01. The number of hydrogen-bond donors (Lipinski definition) is 4. The summed E-state index contributed by atoms with van der Waals surface area (Å²) in [6.45, 7) is 1.12. The van der Waals surface area contributed by atoms with E-state index >= 15 is 0 Å². The molecule has 188 valence electrons. The molecule has 1 aromatic carbocycles. The van der Waals surface area contributed by atoms with Crippen molar-refractivity contribution < 1.29 is 24.6 Å². The molecule has 8 nitrogen and oxygen atoms in total.